The van der Waals surface area contributed by atoms with Crippen LogP contribution in [0.4, 0.5) is 0 Å². The van der Waals surface area contributed by atoms with Crippen LogP contribution in [-0.2, 0) is 12.8 Å². The van der Waals surface area contributed by atoms with Gasteiger partial charge in [-0.2, -0.15) is 4.98 Å². The summed E-state index contributed by atoms with van der Waals surface area (Å²) in [4.78, 5) is 18.6. The largest absolute Gasteiger partial charge is 0.490 e. The molecule has 0 fully saturated rings. The minimum Gasteiger partial charge on any atom is -0.490 e. The van der Waals surface area contributed by atoms with Crippen LogP contribution in [0.2, 0.25) is 0 Å². The number of carbonyl (C=O) groups is 1. The lowest BCUT2D eigenvalue weighted by Crippen LogP contribution is -2.29. The number of benzene rings is 1. The Morgan fingerprint density at radius 3 is 2.92 bits per heavy atom. The summed E-state index contributed by atoms with van der Waals surface area (Å²) >= 11 is 0. The Hall–Kier alpha value is -2.37. The van der Waals surface area contributed by atoms with Crippen LogP contribution in [0, 0.1) is 0 Å². The maximum Gasteiger partial charge on any atom is 0.253 e. The van der Waals surface area contributed by atoms with Crippen LogP contribution in [0.25, 0.3) is 0 Å². The number of ether oxygens (including phenoxy) is 1. The molecule has 24 heavy (non-hydrogen) atoms. The first-order valence-electron chi connectivity index (χ1n) is 8.31. The minimum absolute atomic E-state index is 0.00932. The Kier molecular flexibility index (Phi) is 4.55. The molecule has 0 unspecified atom stereocenters. The fourth-order valence-electron chi connectivity index (χ4n) is 2.75. The van der Waals surface area contributed by atoms with E-state index in [2.05, 4.69) is 10.1 Å². The maximum absolute atomic E-state index is 12.6. The molecular weight excluding hydrogens is 306 g/mol. The zero-order chi connectivity index (χ0) is 17.3. The lowest BCUT2D eigenvalue weighted by atomic mass is 10.1. The molecule has 0 bridgehead atoms. The molecule has 128 valence electrons. The van der Waals surface area contributed by atoms with Crippen molar-refractivity contribution in [2.24, 2.45) is 0 Å². The number of rotatable bonds is 5. The van der Waals surface area contributed by atoms with E-state index in [1.165, 1.54) is 0 Å². The molecule has 2 aromatic rings. The van der Waals surface area contributed by atoms with Gasteiger partial charge in [0.2, 0.25) is 5.89 Å². The average Bonchev–Trinajstić information content (AvgIpc) is 3.16. The van der Waals surface area contributed by atoms with Crippen molar-refractivity contribution >= 4 is 5.91 Å². The number of hydrogen-bond acceptors (Lipinski definition) is 5. The maximum atomic E-state index is 12.6. The van der Waals surface area contributed by atoms with E-state index in [0.717, 1.165) is 17.7 Å². The van der Waals surface area contributed by atoms with Crippen LogP contribution in [0.1, 0.15) is 54.3 Å². The predicted molar refractivity (Wildman–Crippen MR) is 89.3 cm³/mol. The van der Waals surface area contributed by atoms with E-state index < -0.39 is 0 Å². The summed E-state index contributed by atoms with van der Waals surface area (Å²) in [5.41, 5.74) is 1.78. The number of likely N-dealkylation sites (N-methyl/N-ethyl adjacent to an activating group) is 1. The molecule has 0 aliphatic carbocycles. The normalized spacial score (nSPS) is 16.1. The van der Waals surface area contributed by atoms with Crippen molar-refractivity contribution in [2.75, 3.05) is 13.6 Å². The summed E-state index contributed by atoms with van der Waals surface area (Å²) in [5, 5.41) is 3.96. The van der Waals surface area contributed by atoms with Gasteiger partial charge in [0.1, 0.15) is 11.9 Å². The molecule has 0 saturated heterocycles. The highest BCUT2D eigenvalue weighted by molar-refractivity contribution is 5.94. The average molecular weight is 329 g/mol. The molecule has 3 rings (SSSR count). The van der Waals surface area contributed by atoms with Gasteiger partial charge < -0.3 is 14.2 Å². The van der Waals surface area contributed by atoms with Gasteiger partial charge in [0.15, 0.2) is 5.82 Å². The molecule has 1 atom stereocenters. The SMILES string of the molecule is CC(C)c1nc(CCN(C)C(=O)c2ccc3c(c2)C[C@H](C)O3)no1. The lowest BCUT2D eigenvalue weighted by Gasteiger charge is -2.16. The van der Waals surface area contributed by atoms with Crippen molar-refractivity contribution in [1.82, 2.24) is 15.0 Å². The van der Waals surface area contributed by atoms with Crippen molar-refractivity contribution in [3.05, 3.63) is 41.0 Å². The smallest absolute Gasteiger partial charge is 0.253 e. The van der Waals surface area contributed by atoms with Crippen LogP contribution in [0.3, 0.4) is 0 Å². The molecule has 1 aromatic heterocycles. The molecule has 6 heteroatoms. The van der Waals surface area contributed by atoms with Gasteiger partial charge in [-0.1, -0.05) is 19.0 Å². The predicted octanol–water partition coefficient (Wildman–Crippen LogP) is 2.83. The third kappa shape index (κ3) is 3.42. The number of nitrogens with zero attached hydrogens (tertiary/aromatic N) is 3. The number of fused-ring (bicyclic) bond motifs is 1. The summed E-state index contributed by atoms with van der Waals surface area (Å²) < 4.78 is 10.9. The van der Waals surface area contributed by atoms with Crippen LogP contribution in [-0.4, -0.2) is 40.6 Å². The van der Waals surface area contributed by atoms with E-state index in [-0.39, 0.29) is 17.9 Å². The highest BCUT2D eigenvalue weighted by atomic mass is 16.5. The first-order chi connectivity index (χ1) is 11.4. The summed E-state index contributed by atoms with van der Waals surface area (Å²) in [6.45, 7) is 6.58. The third-order valence-corrected chi connectivity index (χ3v) is 4.14. The fourth-order valence-corrected chi connectivity index (χ4v) is 2.75. The standard InChI is InChI=1S/C18H23N3O3/c1-11(2)17-19-16(20-24-17)7-8-21(4)18(22)13-5-6-15-14(10-13)9-12(3)23-15/h5-6,10-12H,7-9H2,1-4H3/t12-/m0/s1. The van der Waals surface area contributed by atoms with E-state index in [1.807, 2.05) is 39.0 Å². The molecule has 1 aliphatic rings. The summed E-state index contributed by atoms with van der Waals surface area (Å²) in [7, 11) is 1.79. The van der Waals surface area contributed by atoms with E-state index >= 15 is 0 Å². The highest BCUT2D eigenvalue weighted by Gasteiger charge is 2.21. The zero-order valence-corrected chi connectivity index (χ0v) is 14.6. The van der Waals surface area contributed by atoms with E-state index in [9.17, 15) is 4.79 Å². The quantitative estimate of drug-likeness (QED) is 0.844. The Balaban J connectivity index is 1.61. The number of carbonyl (C=O) groups excluding carboxylic acids is 1. The molecule has 1 aliphatic heterocycles. The third-order valence-electron chi connectivity index (χ3n) is 4.14. The van der Waals surface area contributed by atoms with Crippen molar-refractivity contribution in [2.45, 2.75) is 45.6 Å². The van der Waals surface area contributed by atoms with Gasteiger partial charge in [-0.15, -0.1) is 0 Å². The van der Waals surface area contributed by atoms with Gasteiger partial charge in [-0.05, 0) is 30.7 Å². The van der Waals surface area contributed by atoms with Crippen LogP contribution in [0.5, 0.6) is 5.75 Å². The summed E-state index contributed by atoms with van der Waals surface area (Å²) in [6, 6.07) is 5.64. The van der Waals surface area contributed by atoms with Crippen molar-refractivity contribution in [3.63, 3.8) is 0 Å². The second-order valence-electron chi connectivity index (χ2n) is 6.64. The van der Waals surface area contributed by atoms with Gasteiger partial charge in [-0.25, -0.2) is 0 Å². The van der Waals surface area contributed by atoms with Crippen LogP contribution < -0.4 is 4.74 Å². The monoisotopic (exact) mass is 329 g/mol. The minimum atomic E-state index is -0.00932. The number of amides is 1. The van der Waals surface area contributed by atoms with E-state index in [1.54, 1.807) is 11.9 Å². The number of aromatic nitrogens is 2. The molecular formula is C18H23N3O3. The number of hydrogen-bond donors (Lipinski definition) is 0. The molecule has 6 nitrogen and oxygen atoms in total. The second kappa shape index (κ2) is 6.63. The van der Waals surface area contributed by atoms with Gasteiger partial charge >= 0.3 is 0 Å². The fraction of sp³-hybridized carbons (Fsp3) is 0.500. The Morgan fingerprint density at radius 2 is 2.21 bits per heavy atom. The van der Waals surface area contributed by atoms with Gasteiger partial charge in [-0.3, -0.25) is 4.79 Å². The van der Waals surface area contributed by atoms with E-state index in [4.69, 9.17) is 9.26 Å². The second-order valence-corrected chi connectivity index (χ2v) is 6.64. The molecule has 1 aromatic carbocycles. The van der Waals surface area contributed by atoms with Gasteiger partial charge in [0.25, 0.3) is 5.91 Å². The van der Waals surface area contributed by atoms with Gasteiger partial charge in [0, 0.05) is 37.9 Å². The van der Waals surface area contributed by atoms with E-state index in [0.29, 0.717) is 30.2 Å². The Bertz CT molecular complexity index is 739. The topological polar surface area (TPSA) is 68.5 Å². The van der Waals surface area contributed by atoms with Crippen LogP contribution in [0.15, 0.2) is 22.7 Å². The van der Waals surface area contributed by atoms with Crippen molar-refractivity contribution in [1.29, 1.82) is 0 Å². The molecule has 0 N–H and O–H groups in total. The summed E-state index contributed by atoms with van der Waals surface area (Å²) in [6.07, 6.45) is 1.60. The molecule has 0 radical (unpaired) electrons. The Labute approximate surface area is 141 Å². The van der Waals surface area contributed by atoms with Crippen LogP contribution >= 0.6 is 0 Å². The lowest BCUT2D eigenvalue weighted by molar-refractivity contribution is 0.0795. The first-order valence-corrected chi connectivity index (χ1v) is 8.31. The molecule has 0 saturated carbocycles. The summed E-state index contributed by atoms with van der Waals surface area (Å²) in [5.74, 6) is 2.35. The highest BCUT2D eigenvalue weighted by Crippen LogP contribution is 2.29. The van der Waals surface area contributed by atoms with Crippen molar-refractivity contribution < 1.29 is 14.1 Å². The van der Waals surface area contributed by atoms with Crippen molar-refractivity contribution in [3.8, 4) is 5.75 Å². The molecule has 2 heterocycles. The van der Waals surface area contributed by atoms with Gasteiger partial charge in [0.05, 0.1) is 0 Å². The molecule has 1 amide bonds. The first kappa shape index (κ1) is 16.5. The zero-order valence-electron chi connectivity index (χ0n) is 14.6. The molecule has 0 spiro atoms. The Morgan fingerprint density at radius 1 is 1.42 bits per heavy atom.